The average Bonchev–Trinajstić information content (AvgIpc) is 2.87. The van der Waals surface area contributed by atoms with Gasteiger partial charge in [-0.15, -0.1) is 0 Å². The third-order valence-corrected chi connectivity index (χ3v) is 4.70. The van der Waals surface area contributed by atoms with E-state index in [1.807, 2.05) is 0 Å². The number of hydrogen-bond acceptors (Lipinski definition) is 3. The predicted molar refractivity (Wildman–Crippen MR) is 70.7 cm³/mol. The van der Waals surface area contributed by atoms with E-state index in [9.17, 15) is 17.4 Å². The predicted octanol–water partition coefficient (Wildman–Crippen LogP) is 2.96. The molecule has 0 spiro atoms. The molecule has 2 unspecified atom stereocenters. The maximum absolute atomic E-state index is 12.5. The van der Waals surface area contributed by atoms with Crippen LogP contribution in [0.5, 0.6) is 0 Å². The van der Waals surface area contributed by atoms with Gasteiger partial charge in [0, 0.05) is 18.0 Å². The molecule has 2 atom stereocenters. The summed E-state index contributed by atoms with van der Waals surface area (Å²) in [4.78, 5) is 0.260. The molecule has 3 nitrogen and oxygen atoms in total. The van der Waals surface area contributed by atoms with Gasteiger partial charge in [-0.25, -0.2) is 0 Å². The van der Waals surface area contributed by atoms with Gasteiger partial charge in [-0.3, -0.25) is 4.21 Å². The Morgan fingerprint density at radius 3 is 2.70 bits per heavy atom. The molecule has 0 bridgehead atoms. The summed E-state index contributed by atoms with van der Waals surface area (Å²) in [5.74, 6) is 0.347. The van der Waals surface area contributed by atoms with Crippen LogP contribution in [0.3, 0.4) is 0 Å². The van der Waals surface area contributed by atoms with Gasteiger partial charge in [0.15, 0.2) is 0 Å². The Labute approximate surface area is 117 Å². The van der Waals surface area contributed by atoms with E-state index in [1.54, 1.807) is 0 Å². The molecular formula is C13H16F3NO2S. The number of alkyl halides is 3. The maximum atomic E-state index is 12.5. The lowest BCUT2D eigenvalue weighted by Crippen LogP contribution is -2.12. The molecule has 1 aromatic carbocycles. The highest BCUT2D eigenvalue weighted by molar-refractivity contribution is 7.85. The molecular weight excluding hydrogens is 291 g/mol. The lowest BCUT2D eigenvalue weighted by molar-refractivity contribution is -0.137. The van der Waals surface area contributed by atoms with E-state index in [1.165, 1.54) is 6.07 Å². The van der Waals surface area contributed by atoms with Crippen LogP contribution < -0.4 is 5.73 Å². The van der Waals surface area contributed by atoms with Crippen molar-refractivity contribution in [2.24, 2.45) is 0 Å². The van der Waals surface area contributed by atoms with Crippen LogP contribution in [0.25, 0.3) is 0 Å². The van der Waals surface area contributed by atoms with Gasteiger partial charge in [0.05, 0.1) is 27.4 Å². The molecule has 1 heterocycles. The second-order valence-corrected chi connectivity index (χ2v) is 6.26. The minimum Gasteiger partial charge on any atom is -0.398 e. The highest BCUT2D eigenvalue weighted by Gasteiger charge is 2.31. The third-order valence-electron chi connectivity index (χ3n) is 3.23. The third kappa shape index (κ3) is 3.73. The van der Waals surface area contributed by atoms with Crippen molar-refractivity contribution in [2.75, 3.05) is 18.1 Å². The van der Waals surface area contributed by atoms with Gasteiger partial charge >= 0.3 is 6.18 Å². The topological polar surface area (TPSA) is 52.3 Å². The van der Waals surface area contributed by atoms with Crippen molar-refractivity contribution in [3.05, 3.63) is 23.8 Å². The summed E-state index contributed by atoms with van der Waals surface area (Å²) in [7, 11) is -1.40. The largest absolute Gasteiger partial charge is 0.416 e. The quantitative estimate of drug-likeness (QED) is 0.870. The Bertz CT molecular complexity index is 499. The van der Waals surface area contributed by atoms with Crippen LogP contribution in [-0.2, 0) is 21.7 Å². The summed E-state index contributed by atoms with van der Waals surface area (Å²) in [6.45, 7) is 0.722. The normalized spacial score (nSPS) is 21.1. The molecule has 112 valence electrons. The van der Waals surface area contributed by atoms with Crippen LogP contribution in [0.4, 0.5) is 18.9 Å². The van der Waals surface area contributed by atoms with Crippen molar-refractivity contribution in [2.45, 2.75) is 36.4 Å². The van der Waals surface area contributed by atoms with Crippen LogP contribution in [0, 0.1) is 0 Å². The average molecular weight is 307 g/mol. The van der Waals surface area contributed by atoms with Gasteiger partial charge in [-0.05, 0) is 37.5 Å². The van der Waals surface area contributed by atoms with E-state index in [0.29, 0.717) is 12.2 Å². The zero-order valence-electron chi connectivity index (χ0n) is 10.8. The molecule has 0 aromatic heterocycles. The van der Waals surface area contributed by atoms with E-state index >= 15 is 0 Å². The van der Waals surface area contributed by atoms with Crippen LogP contribution in [0.2, 0.25) is 0 Å². The molecule has 2 rings (SSSR count). The zero-order valence-corrected chi connectivity index (χ0v) is 11.6. The van der Waals surface area contributed by atoms with E-state index in [-0.39, 0.29) is 16.7 Å². The molecule has 0 saturated carbocycles. The van der Waals surface area contributed by atoms with E-state index in [0.717, 1.165) is 31.6 Å². The lowest BCUT2D eigenvalue weighted by atomic mass is 10.2. The molecule has 2 N–H and O–H groups in total. The fraction of sp³-hybridized carbons (Fsp3) is 0.538. The highest BCUT2D eigenvalue weighted by atomic mass is 32.2. The number of hydrogen-bond donors (Lipinski definition) is 1. The van der Waals surface area contributed by atoms with Crippen molar-refractivity contribution < 1.29 is 22.1 Å². The second-order valence-electron chi connectivity index (χ2n) is 4.72. The molecule has 0 amide bonds. The number of nitrogens with two attached hydrogens (primary N) is 1. The fourth-order valence-corrected chi connectivity index (χ4v) is 3.39. The summed E-state index contributed by atoms with van der Waals surface area (Å²) in [6.07, 6.45) is -1.76. The number of ether oxygens (including phenoxy) is 1. The number of rotatable bonds is 4. The molecule has 20 heavy (non-hydrogen) atoms. The first kappa shape index (κ1) is 15.3. The molecule has 1 aromatic rings. The zero-order chi connectivity index (χ0) is 14.8. The van der Waals surface area contributed by atoms with Crippen molar-refractivity contribution in [1.82, 2.24) is 0 Å². The summed E-state index contributed by atoms with van der Waals surface area (Å²) in [5.41, 5.74) is 4.68. The maximum Gasteiger partial charge on any atom is 0.416 e. The van der Waals surface area contributed by atoms with Gasteiger partial charge in [0.25, 0.3) is 0 Å². The SMILES string of the molecule is Nc1cc(C(F)(F)F)ccc1S(=O)CCC1CCCO1. The van der Waals surface area contributed by atoms with Gasteiger partial charge in [-0.1, -0.05) is 0 Å². The van der Waals surface area contributed by atoms with Crippen LogP contribution in [-0.4, -0.2) is 22.7 Å². The van der Waals surface area contributed by atoms with Gasteiger partial charge in [-0.2, -0.15) is 13.2 Å². The molecule has 0 aliphatic carbocycles. The Morgan fingerprint density at radius 2 is 2.15 bits per heavy atom. The van der Waals surface area contributed by atoms with E-state index in [2.05, 4.69) is 0 Å². The summed E-state index contributed by atoms with van der Waals surface area (Å²) in [6, 6.07) is 2.94. The molecule has 1 aliphatic rings. The standard InChI is InChI=1S/C13H16F3NO2S/c14-13(15,16)9-3-4-12(11(17)8-9)20(18)7-5-10-2-1-6-19-10/h3-4,8,10H,1-2,5-7,17H2. The molecule has 0 radical (unpaired) electrons. The first-order valence-electron chi connectivity index (χ1n) is 6.34. The first-order chi connectivity index (χ1) is 9.38. The number of anilines is 1. The Kier molecular flexibility index (Phi) is 4.70. The number of benzene rings is 1. The van der Waals surface area contributed by atoms with Gasteiger partial charge in [0.2, 0.25) is 0 Å². The van der Waals surface area contributed by atoms with Gasteiger partial charge < -0.3 is 10.5 Å². The summed E-state index contributed by atoms with van der Waals surface area (Å²) >= 11 is 0. The monoisotopic (exact) mass is 307 g/mol. The first-order valence-corrected chi connectivity index (χ1v) is 7.66. The van der Waals surface area contributed by atoms with Crippen LogP contribution >= 0.6 is 0 Å². The van der Waals surface area contributed by atoms with Crippen molar-refractivity contribution in [3.8, 4) is 0 Å². The molecule has 1 fully saturated rings. The van der Waals surface area contributed by atoms with Crippen molar-refractivity contribution in [1.29, 1.82) is 0 Å². The fourth-order valence-electron chi connectivity index (χ4n) is 2.15. The summed E-state index contributed by atoms with van der Waals surface area (Å²) < 4.78 is 55.0. The minimum atomic E-state index is -4.44. The Hall–Kier alpha value is -1.08. The smallest absolute Gasteiger partial charge is 0.398 e. The second kappa shape index (κ2) is 6.13. The van der Waals surface area contributed by atoms with Crippen LogP contribution in [0.1, 0.15) is 24.8 Å². The Balaban J connectivity index is 2.02. The van der Waals surface area contributed by atoms with Crippen molar-refractivity contribution in [3.63, 3.8) is 0 Å². The molecule has 7 heteroatoms. The van der Waals surface area contributed by atoms with Gasteiger partial charge in [0.1, 0.15) is 0 Å². The van der Waals surface area contributed by atoms with Crippen LogP contribution in [0.15, 0.2) is 23.1 Å². The number of halogens is 3. The summed E-state index contributed by atoms with van der Waals surface area (Å²) in [5, 5.41) is 0. The van der Waals surface area contributed by atoms with E-state index in [4.69, 9.17) is 10.5 Å². The Morgan fingerprint density at radius 1 is 1.40 bits per heavy atom. The lowest BCUT2D eigenvalue weighted by Gasteiger charge is -2.12. The molecule has 1 saturated heterocycles. The minimum absolute atomic E-state index is 0.0782. The number of nitrogen functional groups attached to an aromatic ring is 1. The highest BCUT2D eigenvalue weighted by Crippen LogP contribution is 2.32. The van der Waals surface area contributed by atoms with Crippen molar-refractivity contribution >= 4 is 16.5 Å². The van der Waals surface area contributed by atoms with E-state index < -0.39 is 22.5 Å². The molecule has 1 aliphatic heterocycles.